The lowest BCUT2D eigenvalue weighted by Gasteiger charge is -2.47. The third-order valence-corrected chi connectivity index (χ3v) is 7.65. The van der Waals surface area contributed by atoms with Gasteiger partial charge in [-0.25, -0.2) is 4.79 Å². The van der Waals surface area contributed by atoms with Gasteiger partial charge in [0.2, 0.25) is 5.91 Å². The van der Waals surface area contributed by atoms with Crippen LogP contribution in [0.5, 0.6) is 0 Å². The molecule has 0 radical (unpaired) electrons. The van der Waals surface area contributed by atoms with Crippen LogP contribution in [-0.4, -0.2) is 60.5 Å². The number of urea groups is 1. The van der Waals surface area contributed by atoms with Gasteiger partial charge in [-0.1, -0.05) is 12.1 Å². The first-order chi connectivity index (χ1) is 15.2. The van der Waals surface area contributed by atoms with E-state index in [2.05, 4.69) is 31.9 Å². The normalized spacial score (nSPS) is 24.2. The summed E-state index contributed by atoms with van der Waals surface area (Å²) >= 11 is 1.76. The van der Waals surface area contributed by atoms with Crippen LogP contribution in [0.15, 0.2) is 41.1 Å². The van der Waals surface area contributed by atoms with E-state index in [0.29, 0.717) is 31.5 Å². The molecule has 5 rings (SSSR count). The van der Waals surface area contributed by atoms with E-state index >= 15 is 0 Å². The van der Waals surface area contributed by atoms with E-state index in [0.717, 1.165) is 50.3 Å². The number of hydrogen-bond donors (Lipinski definition) is 1. The van der Waals surface area contributed by atoms with Crippen molar-refractivity contribution >= 4 is 29.0 Å². The number of anilines is 1. The molecule has 1 N–H and O–H groups in total. The quantitative estimate of drug-likeness (QED) is 0.779. The fraction of sp³-hybridized carbons (Fsp3) is 0.500. The highest BCUT2D eigenvalue weighted by Crippen LogP contribution is 2.32. The van der Waals surface area contributed by atoms with E-state index in [9.17, 15) is 9.59 Å². The SMILES string of the molecule is O=C1NCCN1c1ccc(CC(=O)N2CCC[C@@H]3CN(Cc4ccsc4)CC[C@H]32)cc1. The fourth-order valence-electron chi connectivity index (χ4n) is 5.36. The van der Waals surface area contributed by atoms with Crippen LogP contribution >= 0.6 is 11.3 Å². The Morgan fingerprint density at radius 3 is 2.68 bits per heavy atom. The van der Waals surface area contributed by atoms with Crippen LogP contribution in [0, 0.1) is 5.92 Å². The van der Waals surface area contributed by atoms with Gasteiger partial charge < -0.3 is 10.2 Å². The standard InChI is InChI=1S/C24H30N4O2S/c29-23(14-18-3-5-21(6-4-18)27-12-9-25-24(27)30)28-10-1-2-20-16-26(11-7-22(20)28)15-19-8-13-31-17-19/h3-6,8,13,17,20,22H,1-2,7,9-12,14-16H2,(H,25,30)/t20-,22-/m1/s1. The summed E-state index contributed by atoms with van der Waals surface area (Å²) in [5.74, 6) is 0.828. The minimum atomic E-state index is -0.0477. The number of rotatable bonds is 5. The average molecular weight is 439 g/mol. The third kappa shape index (κ3) is 4.48. The van der Waals surface area contributed by atoms with Crippen molar-refractivity contribution < 1.29 is 9.59 Å². The van der Waals surface area contributed by atoms with Crippen molar-refractivity contribution in [3.05, 3.63) is 52.2 Å². The zero-order valence-electron chi connectivity index (χ0n) is 17.8. The van der Waals surface area contributed by atoms with Gasteiger partial charge in [-0.05, 0) is 65.3 Å². The number of carbonyl (C=O) groups excluding carboxylic acids is 2. The minimum absolute atomic E-state index is 0.0477. The van der Waals surface area contributed by atoms with Gasteiger partial charge in [-0.2, -0.15) is 11.3 Å². The summed E-state index contributed by atoms with van der Waals surface area (Å²) in [7, 11) is 0. The van der Waals surface area contributed by atoms with Gasteiger partial charge in [-0.3, -0.25) is 14.6 Å². The Labute approximate surface area is 187 Å². The number of nitrogens with one attached hydrogen (secondary N) is 1. The maximum Gasteiger partial charge on any atom is 0.321 e. The highest BCUT2D eigenvalue weighted by Gasteiger charge is 2.37. The number of carbonyl (C=O) groups is 2. The Morgan fingerprint density at radius 1 is 1.06 bits per heavy atom. The van der Waals surface area contributed by atoms with Crippen LogP contribution in [0.25, 0.3) is 0 Å². The number of thiophene rings is 1. The Bertz CT molecular complexity index is 914. The first-order valence-corrected chi connectivity index (χ1v) is 12.3. The molecular formula is C24H30N4O2S. The van der Waals surface area contributed by atoms with Crippen molar-refractivity contribution in [2.45, 2.75) is 38.3 Å². The Balaban J connectivity index is 1.19. The van der Waals surface area contributed by atoms with Gasteiger partial charge in [0.25, 0.3) is 0 Å². The molecule has 7 heteroatoms. The van der Waals surface area contributed by atoms with Crippen LogP contribution in [0.4, 0.5) is 10.5 Å². The predicted molar refractivity (Wildman–Crippen MR) is 123 cm³/mol. The number of benzene rings is 1. The van der Waals surface area contributed by atoms with Gasteiger partial charge >= 0.3 is 6.03 Å². The van der Waals surface area contributed by atoms with Gasteiger partial charge in [0.15, 0.2) is 0 Å². The zero-order valence-corrected chi connectivity index (χ0v) is 18.7. The second-order valence-electron chi connectivity index (χ2n) is 8.94. The maximum absolute atomic E-state index is 13.2. The molecule has 0 spiro atoms. The monoisotopic (exact) mass is 438 g/mol. The number of nitrogens with zero attached hydrogens (tertiary/aromatic N) is 3. The van der Waals surface area contributed by atoms with E-state index in [-0.39, 0.29) is 11.9 Å². The Kier molecular flexibility index (Phi) is 5.96. The van der Waals surface area contributed by atoms with Crippen molar-refractivity contribution in [1.29, 1.82) is 0 Å². The van der Waals surface area contributed by atoms with Crippen molar-refractivity contribution in [2.75, 3.05) is 37.6 Å². The molecule has 3 aliphatic rings. The van der Waals surface area contributed by atoms with E-state index < -0.39 is 0 Å². The lowest BCUT2D eigenvalue weighted by molar-refractivity contribution is -0.137. The lowest BCUT2D eigenvalue weighted by Crippen LogP contribution is -2.55. The summed E-state index contributed by atoms with van der Waals surface area (Å²) in [6.07, 6.45) is 3.83. The maximum atomic E-state index is 13.2. The molecule has 31 heavy (non-hydrogen) atoms. The van der Waals surface area contributed by atoms with Crippen LogP contribution in [0.2, 0.25) is 0 Å². The Morgan fingerprint density at radius 2 is 1.94 bits per heavy atom. The zero-order chi connectivity index (χ0) is 21.2. The summed E-state index contributed by atoms with van der Waals surface area (Å²) in [6, 6.07) is 10.4. The molecule has 1 aromatic heterocycles. The van der Waals surface area contributed by atoms with Gasteiger partial charge in [0, 0.05) is 51.0 Å². The second-order valence-corrected chi connectivity index (χ2v) is 9.72. The molecule has 164 valence electrons. The van der Waals surface area contributed by atoms with Crippen molar-refractivity contribution in [3.63, 3.8) is 0 Å². The highest BCUT2D eigenvalue weighted by atomic mass is 32.1. The van der Waals surface area contributed by atoms with Gasteiger partial charge in [0.05, 0.1) is 6.42 Å². The molecule has 2 atom stereocenters. The molecule has 3 aliphatic heterocycles. The largest absolute Gasteiger partial charge is 0.339 e. The summed E-state index contributed by atoms with van der Waals surface area (Å²) in [6.45, 7) is 5.45. The summed E-state index contributed by atoms with van der Waals surface area (Å²) in [4.78, 5) is 31.5. The molecule has 0 unspecified atom stereocenters. The molecule has 6 nitrogen and oxygen atoms in total. The molecule has 3 amide bonds. The average Bonchev–Trinajstić information content (AvgIpc) is 3.45. The smallest absolute Gasteiger partial charge is 0.321 e. The van der Waals surface area contributed by atoms with E-state index in [1.807, 2.05) is 24.3 Å². The first-order valence-electron chi connectivity index (χ1n) is 11.3. The Hall–Kier alpha value is -2.38. The molecule has 0 aliphatic carbocycles. The van der Waals surface area contributed by atoms with Gasteiger partial charge in [0.1, 0.15) is 0 Å². The molecular weight excluding hydrogens is 408 g/mol. The molecule has 2 aromatic rings. The van der Waals surface area contributed by atoms with E-state index in [4.69, 9.17) is 0 Å². The molecule has 4 heterocycles. The number of fused-ring (bicyclic) bond motifs is 1. The van der Waals surface area contributed by atoms with Crippen molar-refractivity contribution in [1.82, 2.24) is 15.1 Å². The van der Waals surface area contributed by atoms with Gasteiger partial charge in [-0.15, -0.1) is 0 Å². The molecule has 0 bridgehead atoms. The van der Waals surface area contributed by atoms with Crippen LogP contribution < -0.4 is 10.2 Å². The lowest BCUT2D eigenvalue weighted by atomic mass is 9.83. The van der Waals surface area contributed by atoms with Crippen molar-refractivity contribution in [3.8, 4) is 0 Å². The van der Waals surface area contributed by atoms with Crippen molar-refractivity contribution in [2.24, 2.45) is 5.92 Å². The van der Waals surface area contributed by atoms with E-state index in [1.165, 1.54) is 12.0 Å². The van der Waals surface area contributed by atoms with Crippen LogP contribution in [0.1, 0.15) is 30.4 Å². The molecule has 3 fully saturated rings. The fourth-order valence-corrected chi connectivity index (χ4v) is 6.02. The number of piperidine rings is 2. The van der Waals surface area contributed by atoms with E-state index in [1.54, 1.807) is 16.2 Å². The first kappa shape index (κ1) is 20.5. The summed E-state index contributed by atoms with van der Waals surface area (Å²) in [5, 5.41) is 7.21. The highest BCUT2D eigenvalue weighted by molar-refractivity contribution is 7.07. The second kappa shape index (κ2) is 9.01. The van der Waals surface area contributed by atoms with Crippen LogP contribution in [0.3, 0.4) is 0 Å². The summed E-state index contributed by atoms with van der Waals surface area (Å²) < 4.78 is 0. The summed E-state index contributed by atoms with van der Waals surface area (Å²) in [5.41, 5.74) is 3.31. The topological polar surface area (TPSA) is 55.9 Å². The minimum Gasteiger partial charge on any atom is -0.339 e. The third-order valence-electron chi connectivity index (χ3n) is 6.92. The number of hydrogen-bond acceptors (Lipinski definition) is 4. The molecule has 0 saturated carbocycles. The number of amides is 3. The molecule has 1 aromatic carbocycles. The van der Waals surface area contributed by atoms with Crippen LogP contribution in [-0.2, 0) is 17.8 Å². The predicted octanol–water partition coefficient (Wildman–Crippen LogP) is 3.33. The number of likely N-dealkylation sites (tertiary alicyclic amines) is 2. The molecule has 3 saturated heterocycles.